The van der Waals surface area contributed by atoms with Crippen LogP contribution < -0.4 is 18.9 Å². The number of amidine groups is 1. The molecule has 0 unspecified atom stereocenters. The van der Waals surface area contributed by atoms with Crippen LogP contribution in [-0.2, 0) is 11.2 Å². The largest absolute Gasteiger partial charge is 0.494 e. The van der Waals surface area contributed by atoms with Crippen molar-refractivity contribution in [2.75, 3.05) is 34.5 Å². The van der Waals surface area contributed by atoms with Crippen molar-refractivity contribution in [2.24, 2.45) is 4.99 Å². The second-order valence-electron chi connectivity index (χ2n) is 7.16. The van der Waals surface area contributed by atoms with Crippen LogP contribution in [0.25, 0.3) is 0 Å². The van der Waals surface area contributed by atoms with Crippen molar-refractivity contribution in [1.82, 2.24) is 4.90 Å². The molecule has 1 heterocycles. The summed E-state index contributed by atoms with van der Waals surface area (Å²) in [5.41, 5.74) is 1.72. The first-order valence-corrected chi connectivity index (χ1v) is 11.5. The minimum absolute atomic E-state index is 0.0651. The van der Waals surface area contributed by atoms with Crippen LogP contribution in [0, 0.1) is 0 Å². The summed E-state index contributed by atoms with van der Waals surface area (Å²) in [5, 5.41) is 0.448. The highest BCUT2D eigenvalue weighted by molar-refractivity contribution is 8.15. The van der Waals surface area contributed by atoms with E-state index in [1.165, 1.54) is 11.8 Å². The summed E-state index contributed by atoms with van der Waals surface area (Å²) in [6, 6.07) is 11.4. The minimum atomic E-state index is -0.272. The second-order valence-corrected chi connectivity index (χ2v) is 8.33. The van der Waals surface area contributed by atoms with Gasteiger partial charge in [-0.1, -0.05) is 18.7 Å². The van der Waals surface area contributed by atoms with E-state index in [9.17, 15) is 4.79 Å². The summed E-state index contributed by atoms with van der Waals surface area (Å²) < 4.78 is 21.8. The van der Waals surface area contributed by atoms with E-state index >= 15 is 0 Å². The molecule has 1 aliphatic rings. The molecule has 2 aromatic carbocycles. The van der Waals surface area contributed by atoms with Crippen LogP contribution >= 0.6 is 11.8 Å². The topological polar surface area (TPSA) is 69.6 Å². The second kappa shape index (κ2) is 11.1. The molecule has 7 nitrogen and oxygen atoms in total. The van der Waals surface area contributed by atoms with E-state index in [4.69, 9.17) is 23.9 Å². The fraction of sp³-hybridized carbons (Fsp3) is 0.417. The van der Waals surface area contributed by atoms with Crippen LogP contribution in [0.5, 0.6) is 23.0 Å². The van der Waals surface area contributed by atoms with E-state index in [-0.39, 0.29) is 11.2 Å². The molecule has 0 bridgehead atoms. The molecule has 0 aliphatic carbocycles. The van der Waals surface area contributed by atoms with Gasteiger partial charge in [0, 0.05) is 6.54 Å². The highest BCUT2D eigenvalue weighted by atomic mass is 32.2. The van der Waals surface area contributed by atoms with Crippen molar-refractivity contribution in [3.8, 4) is 23.0 Å². The Morgan fingerprint density at radius 3 is 2.19 bits per heavy atom. The number of aliphatic imine (C=N–C) groups is 1. The Labute approximate surface area is 193 Å². The number of hydrogen-bond donors (Lipinski definition) is 0. The van der Waals surface area contributed by atoms with Crippen molar-refractivity contribution >= 4 is 28.5 Å². The van der Waals surface area contributed by atoms with Crippen LogP contribution in [0.2, 0.25) is 0 Å². The van der Waals surface area contributed by atoms with E-state index in [1.54, 1.807) is 26.2 Å². The zero-order valence-electron chi connectivity index (χ0n) is 19.2. The highest BCUT2D eigenvalue weighted by Gasteiger charge is 2.37. The van der Waals surface area contributed by atoms with Gasteiger partial charge in [-0.15, -0.1) is 0 Å². The smallest absolute Gasteiger partial charge is 0.242 e. The Balaban J connectivity index is 1.85. The molecule has 0 spiro atoms. The lowest BCUT2D eigenvalue weighted by Gasteiger charge is -2.16. The van der Waals surface area contributed by atoms with Gasteiger partial charge < -0.3 is 18.9 Å². The molecule has 1 amide bonds. The molecule has 0 aromatic heterocycles. The number of rotatable bonds is 10. The molecular weight excluding hydrogens is 428 g/mol. The van der Waals surface area contributed by atoms with Gasteiger partial charge in [-0.3, -0.25) is 9.69 Å². The maximum atomic E-state index is 13.2. The van der Waals surface area contributed by atoms with Crippen LogP contribution in [0.4, 0.5) is 5.69 Å². The van der Waals surface area contributed by atoms with Gasteiger partial charge in [-0.25, -0.2) is 4.99 Å². The van der Waals surface area contributed by atoms with Crippen molar-refractivity contribution in [3.05, 3.63) is 42.0 Å². The Morgan fingerprint density at radius 2 is 1.66 bits per heavy atom. The predicted octanol–water partition coefficient (Wildman–Crippen LogP) is 4.70. The third kappa shape index (κ3) is 5.30. The van der Waals surface area contributed by atoms with E-state index in [0.29, 0.717) is 36.8 Å². The monoisotopic (exact) mass is 458 g/mol. The Hall–Kier alpha value is -2.87. The maximum absolute atomic E-state index is 13.2. The molecule has 2 aromatic rings. The first-order chi connectivity index (χ1) is 15.5. The summed E-state index contributed by atoms with van der Waals surface area (Å²) in [5.74, 6) is 2.55. The number of ether oxygens (including phenoxy) is 4. The van der Waals surface area contributed by atoms with Crippen molar-refractivity contribution in [3.63, 3.8) is 0 Å². The SMILES string of the molecule is CCCN1C(=O)[C@H](Cc2cc(OC)c(OC)c(OC)c2)SC1=Nc1ccc(OCC)cc1. The van der Waals surface area contributed by atoms with Crippen LogP contribution in [-0.4, -0.2) is 55.7 Å². The van der Waals surface area contributed by atoms with Gasteiger partial charge in [-0.05, 0) is 61.7 Å². The average molecular weight is 459 g/mol. The quantitative estimate of drug-likeness (QED) is 0.514. The lowest BCUT2D eigenvalue weighted by atomic mass is 10.1. The standard InChI is InChI=1S/C24H30N2O5S/c1-6-12-26-23(27)21(15-16-13-19(28-3)22(30-5)20(14-16)29-4)32-24(26)25-17-8-10-18(11-9-17)31-7-2/h8-11,13-14,21H,6-7,12,15H2,1-5H3/t21-/m0/s1. The summed E-state index contributed by atoms with van der Waals surface area (Å²) in [6.07, 6.45) is 1.38. The van der Waals surface area contributed by atoms with Crippen molar-refractivity contribution in [2.45, 2.75) is 31.9 Å². The van der Waals surface area contributed by atoms with E-state index in [1.807, 2.05) is 43.3 Å². The summed E-state index contributed by atoms with van der Waals surface area (Å²) >= 11 is 1.49. The molecule has 32 heavy (non-hydrogen) atoms. The van der Waals surface area contributed by atoms with Gasteiger partial charge in [0.1, 0.15) is 5.75 Å². The summed E-state index contributed by atoms with van der Waals surface area (Å²) in [7, 11) is 4.74. The van der Waals surface area contributed by atoms with Crippen molar-refractivity contribution in [1.29, 1.82) is 0 Å². The normalized spacial score (nSPS) is 17.0. The maximum Gasteiger partial charge on any atom is 0.242 e. The molecule has 1 aliphatic heterocycles. The van der Waals surface area contributed by atoms with E-state index in [2.05, 4.69) is 6.92 Å². The number of hydrogen-bond acceptors (Lipinski definition) is 7. The van der Waals surface area contributed by atoms with E-state index in [0.717, 1.165) is 28.6 Å². The summed E-state index contributed by atoms with van der Waals surface area (Å²) in [6.45, 7) is 5.25. The van der Waals surface area contributed by atoms with Crippen molar-refractivity contribution < 1.29 is 23.7 Å². The Morgan fingerprint density at radius 1 is 1.00 bits per heavy atom. The first kappa shape index (κ1) is 23.8. The number of amides is 1. The number of carbonyl (C=O) groups is 1. The molecule has 1 saturated heterocycles. The summed E-state index contributed by atoms with van der Waals surface area (Å²) in [4.78, 5) is 19.7. The van der Waals surface area contributed by atoms with E-state index < -0.39 is 0 Å². The van der Waals surface area contributed by atoms with Crippen LogP contribution in [0.1, 0.15) is 25.8 Å². The van der Waals surface area contributed by atoms with Gasteiger partial charge in [0.05, 0.1) is 38.9 Å². The zero-order chi connectivity index (χ0) is 23.1. The molecular formula is C24H30N2O5S. The molecule has 0 radical (unpaired) electrons. The average Bonchev–Trinajstić information content (AvgIpc) is 3.08. The first-order valence-electron chi connectivity index (χ1n) is 10.6. The lowest BCUT2D eigenvalue weighted by Crippen LogP contribution is -2.33. The highest BCUT2D eigenvalue weighted by Crippen LogP contribution is 2.40. The fourth-order valence-corrected chi connectivity index (χ4v) is 4.74. The van der Waals surface area contributed by atoms with Gasteiger partial charge in [-0.2, -0.15) is 0 Å². The molecule has 1 atom stereocenters. The van der Waals surface area contributed by atoms with Gasteiger partial charge in [0.25, 0.3) is 0 Å². The third-order valence-electron chi connectivity index (χ3n) is 4.99. The molecule has 1 fully saturated rings. The number of nitrogens with zero attached hydrogens (tertiary/aromatic N) is 2. The Bertz CT molecular complexity index is 936. The lowest BCUT2D eigenvalue weighted by molar-refractivity contribution is -0.126. The van der Waals surface area contributed by atoms with Crippen LogP contribution in [0.15, 0.2) is 41.4 Å². The van der Waals surface area contributed by atoms with Crippen LogP contribution in [0.3, 0.4) is 0 Å². The van der Waals surface area contributed by atoms with Gasteiger partial charge >= 0.3 is 0 Å². The zero-order valence-corrected chi connectivity index (χ0v) is 20.0. The molecule has 3 rings (SSSR count). The molecule has 172 valence electrons. The molecule has 8 heteroatoms. The number of methoxy groups -OCH3 is 3. The van der Waals surface area contributed by atoms with Gasteiger partial charge in [0.15, 0.2) is 16.7 Å². The third-order valence-corrected chi connectivity index (χ3v) is 6.16. The predicted molar refractivity (Wildman–Crippen MR) is 128 cm³/mol. The fourth-order valence-electron chi connectivity index (χ4n) is 3.52. The Kier molecular flexibility index (Phi) is 8.27. The molecule has 0 N–H and O–H groups in total. The number of benzene rings is 2. The minimum Gasteiger partial charge on any atom is -0.494 e. The number of thioether (sulfide) groups is 1. The van der Waals surface area contributed by atoms with Gasteiger partial charge in [0.2, 0.25) is 11.7 Å². The number of carbonyl (C=O) groups excluding carboxylic acids is 1. The molecule has 0 saturated carbocycles.